The molecule has 0 spiro atoms. The number of carbonyl (C=O) groups is 1. The van der Waals surface area contributed by atoms with Crippen LogP contribution in [0.2, 0.25) is 0 Å². The van der Waals surface area contributed by atoms with Gasteiger partial charge < -0.3 is 9.52 Å². The highest BCUT2D eigenvalue weighted by molar-refractivity contribution is 5.85. The summed E-state index contributed by atoms with van der Waals surface area (Å²) in [6.07, 6.45) is 1.74. The quantitative estimate of drug-likeness (QED) is 0.872. The van der Waals surface area contributed by atoms with Gasteiger partial charge in [-0.05, 0) is 23.7 Å². The first kappa shape index (κ1) is 15.7. The zero-order chi connectivity index (χ0) is 14.8. The molecular weight excluding hydrogens is 242 g/mol. The fraction of sp³-hybridized carbons (Fsp3) is 0.733. The Balaban J connectivity index is 2.85. The predicted molar refractivity (Wildman–Crippen MR) is 74.5 cm³/mol. The van der Waals surface area contributed by atoms with Crippen LogP contribution in [0.5, 0.6) is 0 Å². The van der Waals surface area contributed by atoms with Crippen LogP contribution >= 0.6 is 0 Å². The van der Waals surface area contributed by atoms with Crippen LogP contribution in [0, 0.1) is 11.3 Å². The van der Waals surface area contributed by atoms with Crippen molar-refractivity contribution in [3.63, 3.8) is 0 Å². The molecule has 1 atom stereocenters. The van der Waals surface area contributed by atoms with Crippen molar-refractivity contribution in [3.8, 4) is 0 Å². The van der Waals surface area contributed by atoms with E-state index >= 15 is 0 Å². The number of oxazole rings is 1. The maximum Gasteiger partial charge on any atom is 0.373 e. The number of carboxylic acids is 1. The molecule has 1 N–H and O–H groups in total. The van der Waals surface area contributed by atoms with Crippen molar-refractivity contribution in [3.05, 3.63) is 17.3 Å². The van der Waals surface area contributed by atoms with Crippen LogP contribution in [0.25, 0.3) is 0 Å². The van der Waals surface area contributed by atoms with Crippen molar-refractivity contribution in [1.29, 1.82) is 0 Å². The lowest BCUT2D eigenvalue weighted by atomic mass is 9.84. The molecule has 1 aromatic heterocycles. The van der Waals surface area contributed by atoms with E-state index in [0.717, 1.165) is 6.42 Å². The van der Waals surface area contributed by atoms with Gasteiger partial charge in [0.1, 0.15) is 0 Å². The standard InChI is InChI=1S/C15H25NO3/c1-9(2)12-13(14(17)18)19-11(16-12)7-10(3)8-15(4,5)6/h9-10H,7-8H2,1-6H3,(H,17,18). The first-order valence-electron chi connectivity index (χ1n) is 6.83. The number of carboxylic acid groups (broad SMARTS) is 1. The van der Waals surface area contributed by atoms with Crippen LogP contribution in [0.4, 0.5) is 0 Å². The highest BCUT2D eigenvalue weighted by Crippen LogP contribution is 2.27. The second-order valence-corrected chi connectivity index (χ2v) is 6.86. The molecule has 1 unspecified atom stereocenters. The van der Waals surface area contributed by atoms with Crippen molar-refractivity contribution >= 4 is 5.97 Å². The van der Waals surface area contributed by atoms with Crippen LogP contribution in [0.15, 0.2) is 4.42 Å². The van der Waals surface area contributed by atoms with Gasteiger partial charge in [-0.2, -0.15) is 0 Å². The first-order valence-corrected chi connectivity index (χ1v) is 6.83. The molecule has 0 amide bonds. The molecule has 0 aromatic carbocycles. The Morgan fingerprint density at radius 2 is 1.89 bits per heavy atom. The minimum absolute atomic E-state index is 0.00652. The third-order valence-electron chi connectivity index (χ3n) is 2.92. The van der Waals surface area contributed by atoms with Crippen molar-refractivity contribution in [2.75, 3.05) is 0 Å². The number of hydrogen-bond donors (Lipinski definition) is 1. The molecule has 0 bridgehead atoms. The molecule has 0 aliphatic rings. The lowest BCUT2D eigenvalue weighted by Gasteiger charge is -2.22. The fourth-order valence-corrected chi connectivity index (χ4v) is 2.43. The molecule has 1 aromatic rings. The smallest absolute Gasteiger partial charge is 0.373 e. The van der Waals surface area contributed by atoms with E-state index < -0.39 is 5.97 Å². The van der Waals surface area contributed by atoms with Gasteiger partial charge in [-0.25, -0.2) is 9.78 Å². The first-order chi connectivity index (χ1) is 8.60. The summed E-state index contributed by atoms with van der Waals surface area (Å²) in [5.74, 6) is -0.0291. The van der Waals surface area contributed by atoms with Gasteiger partial charge in [0, 0.05) is 6.42 Å². The molecule has 0 aliphatic heterocycles. The molecule has 0 radical (unpaired) electrons. The fourth-order valence-electron chi connectivity index (χ4n) is 2.43. The Bertz CT molecular complexity index is 441. The van der Waals surface area contributed by atoms with Gasteiger partial charge in [0.05, 0.1) is 5.69 Å². The number of nitrogens with zero attached hydrogens (tertiary/aromatic N) is 1. The molecule has 4 heteroatoms. The molecule has 1 heterocycles. The van der Waals surface area contributed by atoms with Gasteiger partial charge in [0.2, 0.25) is 5.76 Å². The van der Waals surface area contributed by atoms with Gasteiger partial charge in [0.25, 0.3) is 0 Å². The summed E-state index contributed by atoms with van der Waals surface area (Å²) < 4.78 is 5.41. The zero-order valence-electron chi connectivity index (χ0n) is 12.8. The average Bonchev–Trinajstić information content (AvgIpc) is 2.58. The van der Waals surface area contributed by atoms with E-state index in [4.69, 9.17) is 9.52 Å². The Morgan fingerprint density at radius 1 is 1.32 bits per heavy atom. The summed E-state index contributed by atoms with van der Waals surface area (Å²) in [5, 5.41) is 9.11. The zero-order valence-corrected chi connectivity index (χ0v) is 12.8. The van der Waals surface area contributed by atoms with Crippen LogP contribution in [-0.4, -0.2) is 16.1 Å². The van der Waals surface area contributed by atoms with Crippen LogP contribution in [0.1, 0.15) is 76.0 Å². The topological polar surface area (TPSA) is 63.3 Å². The average molecular weight is 267 g/mol. The number of rotatable bonds is 5. The normalized spacial score (nSPS) is 13.8. The molecule has 19 heavy (non-hydrogen) atoms. The van der Waals surface area contributed by atoms with Crippen LogP contribution in [-0.2, 0) is 6.42 Å². The van der Waals surface area contributed by atoms with E-state index in [1.54, 1.807) is 0 Å². The lowest BCUT2D eigenvalue weighted by molar-refractivity contribution is 0.0657. The predicted octanol–water partition coefficient (Wildman–Crippen LogP) is 4.11. The van der Waals surface area contributed by atoms with E-state index in [1.807, 2.05) is 13.8 Å². The number of hydrogen-bond acceptors (Lipinski definition) is 3. The van der Waals surface area contributed by atoms with Gasteiger partial charge >= 0.3 is 5.97 Å². The summed E-state index contributed by atoms with van der Waals surface area (Å²) in [6.45, 7) is 12.6. The van der Waals surface area contributed by atoms with Crippen LogP contribution < -0.4 is 0 Å². The Morgan fingerprint density at radius 3 is 2.26 bits per heavy atom. The molecule has 0 fully saturated rings. The molecule has 1 rings (SSSR count). The van der Waals surface area contributed by atoms with E-state index in [1.165, 1.54) is 0 Å². The molecule has 0 saturated heterocycles. The van der Waals surface area contributed by atoms with Crippen molar-refractivity contribution < 1.29 is 14.3 Å². The molecule has 0 aliphatic carbocycles. The molecule has 4 nitrogen and oxygen atoms in total. The molecule has 108 valence electrons. The maximum atomic E-state index is 11.1. The van der Waals surface area contributed by atoms with E-state index in [0.29, 0.717) is 23.9 Å². The van der Waals surface area contributed by atoms with E-state index in [-0.39, 0.29) is 17.1 Å². The highest BCUT2D eigenvalue weighted by Gasteiger charge is 2.23. The maximum absolute atomic E-state index is 11.1. The Hall–Kier alpha value is -1.32. The molecular formula is C15H25NO3. The SMILES string of the molecule is CC(Cc1nc(C(C)C)c(C(=O)O)o1)CC(C)(C)C. The summed E-state index contributed by atoms with van der Waals surface area (Å²) in [6, 6.07) is 0. The lowest BCUT2D eigenvalue weighted by Crippen LogP contribution is -2.13. The minimum atomic E-state index is -1.04. The van der Waals surface area contributed by atoms with Crippen molar-refractivity contribution in [2.45, 2.75) is 60.3 Å². The highest BCUT2D eigenvalue weighted by atomic mass is 16.4. The van der Waals surface area contributed by atoms with Crippen LogP contribution in [0.3, 0.4) is 0 Å². The number of aromatic carboxylic acids is 1. The third-order valence-corrected chi connectivity index (χ3v) is 2.92. The monoisotopic (exact) mass is 267 g/mol. The van der Waals surface area contributed by atoms with E-state index in [2.05, 4.69) is 32.7 Å². The summed E-state index contributed by atoms with van der Waals surface area (Å²) in [4.78, 5) is 15.5. The second-order valence-electron chi connectivity index (χ2n) is 6.86. The van der Waals surface area contributed by atoms with Gasteiger partial charge in [0.15, 0.2) is 5.89 Å². The Kier molecular flexibility index (Phi) is 4.77. The largest absolute Gasteiger partial charge is 0.475 e. The summed E-state index contributed by atoms with van der Waals surface area (Å²) in [7, 11) is 0. The summed E-state index contributed by atoms with van der Waals surface area (Å²) in [5.41, 5.74) is 0.799. The van der Waals surface area contributed by atoms with Crippen molar-refractivity contribution in [1.82, 2.24) is 4.98 Å². The van der Waals surface area contributed by atoms with Gasteiger partial charge in [-0.1, -0.05) is 41.5 Å². The minimum Gasteiger partial charge on any atom is -0.475 e. The second kappa shape index (κ2) is 5.76. The van der Waals surface area contributed by atoms with Gasteiger partial charge in [-0.15, -0.1) is 0 Å². The third kappa shape index (κ3) is 4.69. The van der Waals surface area contributed by atoms with E-state index in [9.17, 15) is 4.79 Å². The van der Waals surface area contributed by atoms with Crippen molar-refractivity contribution in [2.24, 2.45) is 11.3 Å². The number of aromatic nitrogens is 1. The Labute approximate surface area is 115 Å². The summed E-state index contributed by atoms with van der Waals surface area (Å²) >= 11 is 0. The molecule has 0 saturated carbocycles. The van der Waals surface area contributed by atoms with Gasteiger partial charge in [-0.3, -0.25) is 0 Å².